The van der Waals surface area contributed by atoms with Crippen molar-refractivity contribution in [3.63, 3.8) is 0 Å². The van der Waals surface area contributed by atoms with Crippen LogP contribution in [0.1, 0.15) is 16.7 Å². The molecule has 0 saturated carbocycles. The summed E-state index contributed by atoms with van der Waals surface area (Å²) in [5.74, 6) is 0.898. The van der Waals surface area contributed by atoms with Gasteiger partial charge in [-0.2, -0.15) is 0 Å². The fourth-order valence-corrected chi connectivity index (χ4v) is 2.25. The minimum Gasteiger partial charge on any atom is -0.338 e. The molecule has 96 valence electrons. The average Bonchev–Trinajstić information content (AvgIpc) is 2.82. The van der Waals surface area contributed by atoms with Gasteiger partial charge in [-0.05, 0) is 48.7 Å². The van der Waals surface area contributed by atoms with Gasteiger partial charge in [-0.3, -0.25) is 0 Å². The fourth-order valence-electron chi connectivity index (χ4n) is 2.25. The molecule has 3 N–H and O–H groups in total. The van der Waals surface area contributed by atoms with Crippen molar-refractivity contribution in [3.8, 4) is 11.4 Å². The van der Waals surface area contributed by atoms with Crippen LogP contribution in [0, 0.1) is 13.8 Å². The number of H-pyrrole nitrogens is 1. The van der Waals surface area contributed by atoms with Gasteiger partial charge in [0.25, 0.3) is 0 Å². The predicted molar refractivity (Wildman–Crippen MR) is 78.9 cm³/mol. The molecule has 0 aliphatic heterocycles. The van der Waals surface area contributed by atoms with E-state index in [0.717, 1.165) is 28.0 Å². The maximum absolute atomic E-state index is 5.68. The number of aromatic nitrogens is 2. The van der Waals surface area contributed by atoms with E-state index in [1.165, 1.54) is 11.1 Å². The molecule has 0 saturated heterocycles. The first kappa shape index (κ1) is 11.9. The minimum absolute atomic E-state index is 0.548. The Bertz CT molecular complexity index is 702. The summed E-state index contributed by atoms with van der Waals surface area (Å²) < 4.78 is 0. The number of fused-ring (bicyclic) bond motifs is 1. The normalized spacial score (nSPS) is 11.1. The molecule has 0 spiro atoms. The van der Waals surface area contributed by atoms with E-state index in [1.54, 1.807) is 0 Å². The Morgan fingerprint density at radius 3 is 2.68 bits per heavy atom. The highest BCUT2D eigenvalue weighted by molar-refractivity contribution is 5.81. The standard InChI is InChI=1S/C16H17N3/c1-10-6-14-15(7-11(10)2)19-16(18-14)13-5-3-4-12(8-13)9-17/h3-8H,9,17H2,1-2H3,(H,18,19). The lowest BCUT2D eigenvalue weighted by molar-refractivity contribution is 1.07. The van der Waals surface area contributed by atoms with Crippen molar-refractivity contribution in [3.05, 3.63) is 53.1 Å². The number of hydrogen-bond acceptors (Lipinski definition) is 2. The molecular formula is C16H17N3. The van der Waals surface area contributed by atoms with Crippen LogP contribution in [-0.2, 0) is 6.54 Å². The lowest BCUT2D eigenvalue weighted by Gasteiger charge is -1.99. The van der Waals surface area contributed by atoms with Gasteiger partial charge >= 0.3 is 0 Å². The summed E-state index contributed by atoms with van der Waals surface area (Å²) in [6.45, 7) is 4.77. The van der Waals surface area contributed by atoms with Crippen LogP contribution in [0.2, 0.25) is 0 Å². The Morgan fingerprint density at radius 1 is 1.11 bits per heavy atom. The summed E-state index contributed by atoms with van der Waals surface area (Å²) in [5.41, 5.74) is 12.5. The molecule has 19 heavy (non-hydrogen) atoms. The zero-order valence-electron chi connectivity index (χ0n) is 11.2. The van der Waals surface area contributed by atoms with Crippen LogP contribution >= 0.6 is 0 Å². The highest BCUT2D eigenvalue weighted by Gasteiger charge is 2.07. The van der Waals surface area contributed by atoms with Crippen molar-refractivity contribution in [2.24, 2.45) is 5.73 Å². The van der Waals surface area contributed by atoms with Crippen molar-refractivity contribution in [1.82, 2.24) is 9.97 Å². The Morgan fingerprint density at radius 2 is 1.89 bits per heavy atom. The van der Waals surface area contributed by atoms with Gasteiger partial charge in [0.05, 0.1) is 11.0 Å². The summed E-state index contributed by atoms with van der Waals surface area (Å²) in [5, 5.41) is 0. The van der Waals surface area contributed by atoms with E-state index in [-0.39, 0.29) is 0 Å². The van der Waals surface area contributed by atoms with E-state index in [4.69, 9.17) is 5.73 Å². The summed E-state index contributed by atoms with van der Waals surface area (Å²) in [6, 6.07) is 12.4. The molecular weight excluding hydrogens is 234 g/mol. The Balaban J connectivity index is 2.14. The molecule has 2 aromatic carbocycles. The molecule has 1 heterocycles. The minimum atomic E-state index is 0.548. The van der Waals surface area contributed by atoms with Crippen LogP contribution in [0.3, 0.4) is 0 Å². The fraction of sp³-hybridized carbons (Fsp3) is 0.188. The molecule has 0 unspecified atom stereocenters. The molecule has 0 amide bonds. The lowest BCUT2D eigenvalue weighted by atomic mass is 10.1. The molecule has 0 aliphatic rings. The molecule has 3 rings (SSSR count). The van der Waals surface area contributed by atoms with E-state index in [0.29, 0.717) is 6.54 Å². The van der Waals surface area contributed by atoms with E-state index >= 15 is 0 Å². The first-order valence-electron chi connectivity index (χ1n) is 6.44. The average molecular weight is 251 g/mol. The topological polar surface area (TPSA) is 54.7 Å². The molecule has 0 radical (unpaired) electrons. The second-order valence-electron chi connectivity index (χ2n) is 4.94. The third-order valence-corrected chi connectivity index (χ3v) is 3.53. The SMILES string of the molecule is Cc1cc2nc(-c3cccc(CN)c3)[nH]c2cc1C. The first-order chi connectivity index (χ1) is 9.17. The van der Waals surface area contributed by atoms with Crippen LogP contribution < -0.4 is 5.73 Å². The second-order valence-corrected chi connectivity index (χ2v) is 4.94. The number of nitrogens with zero attached hydrogens (tertiary/aromatic N) is 1. The van der Waals surface area contributed by atoms with E-state index in [9.17, 15) is 0 Å². The van der Waals surface area contributed by atoms with E-state index in [2.05, 4.69) is 48.1 Å². The van der Waals surface area contributed by atoms with Crippen molar-refractivity contribution < 1.29 is 0 Å². The number of nitrogens with one attached hydrogen (secondary N) is 1. The summed E-state index contributed by atoms with van der Waals surface area (Å²) in [4.78, 5) is 8.04. The molecule has 3 nitrogen and oxygen atoms in total. The molecule has 3 aromatic rings. The Kier molecular flexibility index (Phi) is 2.84. The molecule has 3 heteroatoms. The molecule has 0 atom stereocenters. The van der Waals surface area contributed by atoms with Gasteiger partial charge in [0.1, 0.15) is 5.82 Å². The van der Waals surface area contributed by atoms with Gasteiger partial charge in [-0.25, -0.2) is 4.98 Å². The number of aryl methyl sites for hydroxylation is 2. The quantitative estimate of drug-likeness (QED) is 0.734. The van der Waals surface area contributed by atoms with Crippen LogP contribution in [0.4, 0.5) is 0 Å². The lowest BCUT2D eigenvalue weighted by Crippen LogP contribution is -1.95. The maximum atomic E-state index is 5.68. The van der Waals surface area contributed by atoms with Crippen molar-refractivity contribution in [2.45, 2.75) is 20.4 Å². The number of hydrogen-bond donors (Lipinski definition) is 2. The Hall–Kier alpha value is -2.13. The smallest absolute Gasteiger partial charge is 0.138 e. The van der Waals surface area contributed by atoms with Gasteiger partial charge in [0.15, 0.2) is 0 Å². The van der Waals surface area contributed by atoms with E-state index < -0.39 is 0 Å². The highest BCUT2D eigenvalue weighted by atomic mass is 14.9. The number of aromatic amines is 1. The number of nitrogens with two attached hydrogens (primary N) is 1. The van der Waals surface area contributed by atoms with Crippen LogP contribution in [0.5, 0.6) is 0 Å². The zero-order chi connectivity index (χ0) is 13.4. The van der Waals surface area contributed by atoms with Gasteiger partial charge in [-0.15, -0.1) is 0 Å². The third kappa shape index (κ3) is 2.13. The van der Waals surface area contributed by atoms with Gasteiger partial charge in [0.2, 0.25) is 0 Å². The molecule has 1 aromatic heterocycles. The van der Waals surface area contributed by atoms with E-state index in [1.807, 2.05) is 12.1 Å². The van der Waals surface area contributed by atoms with Crippen LogP contribution in [-0.4, -0.2) is 9.97 Å². The first-order valence-corrected chi connectivity index (χ1v) is 6.44. The van der Waals surface area contributed by atoms with Gasteiger partial charge in [-0.1, -0.05) is 18.2 Å². The van der Waals surface area contributed by atoms with Crippen LogP contribution in [0.25, 0.3) is 22.4 Å². The molecule has 0 aliphatic carbocycles. The summed E-state index contributed by atoms with van der Waals surface area (Å²) >= 11 is 0. The molecule has 0 bridgehead atoms. The van der Waals surface area contributed by atoms with Crippen molar-refractivity contribution >= 4 is 11.0 Å². The number of benzene rings is 2. The Labute approximate surface area is 112 Å². The maximum Gasteiger partial charge on any atom is 0.138 e. The zero-order valence-corrected chi connectivity index (χ0v) is 11.2. The highest BCUT2D eigenvalue weighted by Crippen LogP contribution is 2.23. The summed E-state index contributed by atoms with van der Waals surface area (Å²) in [7, 11) is 0. The largest absolute Gasteiger partial charge is 0.338 e. The van der Waals surface area contributed by atoms with Crippen LogP contribution in [0.15, 0.2) is 36.4 Å². The predicted octanol–water partition coefficient (Wildman–Crippen LogP) is 3.31. The van der Waals surface area contributed by atoms with Gasteiger partial charge < -0.3 is 10.7 Å². The van der Waals surface area contributed by atoms with Crippen molar-refractivity contribution in [2.75, 3.05) is 0 Å². The second kappa shape index (κ2) is 4.52. The monoisotopic (exact) mass is 251 g/mol. The number of imidazole rings is 1. The van der Waals surface area contributed by atoms with Gasteiger partial charge in [0, 0.05) is 12.1 Å². The van der Waals surface area contributed by atoms with Crippen molar-refractivity contribution in [1.29, 1.82) is 0 Å². The summed E-state index contributed by atoms with van der Waals surface area (Å²) in [6.07, 6.45) is 0. The third-order valence-electron chi connectivity index (χ3n) is 3.53. The number of rotatable bonds is 2. The molecule has 0 fully saturated rings.